The van der Waals surface area contributed by atoms with Gasteiger partial charge in [0, 0.05) is 40.2 Å². The maximum atomic E-state index is 9.87. The van der Waals surface area contributed by atoms with Crippen molar-refractivity contribution in [3.05, 3.63) is 158 Å². The molecule has 296 valence electrons. The third kappa shape index (κ3) is 13.4. The predicted octanol–water partition coefficient (Wildman–Crippen LogP) is 16.1. The SMILES string of the molecule is CC(C)(C)C1=C/C(=C(\[C]2[CH][CH][CH][CH]2)c2cc(C(C)(C)C)c3ccc(C(C)(C)C)ccc2-3)[c+]2ccc(C(C)(C)C)ccc21.F[P-](F)(F)(F)(F)F.[CH]1[CH][CH][CH][CH]1.[Fe+2]. The minimum absolute atomic E-state index is 0. The van der Waals surface area contributed by atoms with E-state index < -0.39 is 7.81 Å². The van der Waals surface area contributed by atoms with Crippen LogP contribution >= 0.6 is 7.81 Å². The van der Waals surface area contributed by atoms with E-state index in [1.165, 1.54) is 67.1 Å². The number of hydrogen-bond acceptors (Lipinski definition) is 0. The fourth-order valence-electron chi connectivity index (χ4n) is 6.67. The molecule has 0 aromatic heterocycles. The molecular weight excluding hydrogens is 765 g/mol. The van der Waals surface area contributed by atoms with Crippen LogP contribution in [0.2, 0.25) is 0 Å². The molecule has 0 unspecified atom stereocenters. The van der Waals surface area contributed by atoms with Gasteiger partial charge >= 0.3 is 50.1 Å². The molecule has 1 aromatic carbocycles. The Morgan fingerprint density at radius 1 is 0.527 bits per heavy atom. The molecule has 0 bridgehead atoms. The number of halogens is 6. The summed E-state index contributed by atoms with van der Waals surface area (Å²) in [5.74, 6) is 1.28. The Kier molecular flexibility index (Phi) is 13.6. The Morgan fingerprint density at radius 3 is 1.40 bits per heavy atom. The van der Waals surface area contributed by atoms with Crippen molar-refractivity contribution in [1.82, 2.24) is 0 Å². The van der Waals surface area contributed by atoms with Gasteiger partial charge in [-0.1, -0.05) is 86.6 Å². The summed E-state index contributed by atoms with van der Waals surface area (Å²) in [6.07, 6.45) is 21.4. The Labute approximate surface area is 339 Å². The smallest absolute Gasteiger partial charge is 0.0312 e. The van der Waals surface area contributed by atoms with Crippen LogP contribution in [-0.4, -0.2) is 0 Å². The first-order chi connectivity index (χ1) is 24.3. The number of hydrogen-bond donors (Lipinski definition) is 0. The van der Waals surface area contributed by atoms with Gasteiger partial charge in [-0.25, -0.2) is 0 Å². The fraction of sp³-hybridized carbons (Fsp3) is 0.340. The first-order valence-electron chi connectivity index (χ1n) is 18.3. The van der Waals surface area contributed by atoms with E-state index in [0.717, 1.165) is 0 Å². The van der Waals surface area contributed by atoms with E-state index in [1.54, 1.807) is 0 Å². The Hall–Kier alpha value is -2.20. The van der Waals surface area contributed by atoms with Gasteiger partial charge < -0.3 is 0 Å². The van der Waals surface area contributed by atoms with Crippen LogP contribution in [0.25, 0.3) is 27.8 Å². The van der Waals surface area contributed by atoms with Crippen molar-refractivity contribution in [2.75, 3.05) is 0 Å². The van der Waals surface area contributed by atoms with Crippen LogP contribution in [0.4, 0.5) is 25.2 Å². The minimum Gasteiger partial charge on any atom is -0.0312 e. The van der Waals surface area contributed by atoms with Gasteiger partial charge in [-0.05, 0) is 147 Å². The molecule has 0 nitrogen and oxygen atoms in total. The molecule has 5 aliphatic rings. The van der Waals surface area contributed by atoms with E-state index in [2.05, 4.69) is 169 Å². The molecule has 5 aliphatic carbocycles. The normalized spacial score (nSPS) is 18.8. The first-order valence-corrected chi connectivity index (χ1v) is 20.3. The summed E-state index contributed by atoms with van der Waals surface area (Å²) in [7, 11) is -10.7. The summed E-state index contributed by atoms with van der Waals surface area (Å²) in [5, 5.41) is 0. The van der Waals surface area contributed by atoms with Gasteiger partial charge in [-0.2, -0.15) is 0 Å². The van der Waals surface area contributed by atoms with Crippen LogP contribution in [0.5, 0.6) is 0 Å². The molecule has 2 fully saturated rings. The largest absolute Gasteiger partial charge is 2.00 e. The minimum atomic E-state index is -10.7. The average molecular weight is 821 g/mol. The standard InChI is InChI=1S/C42H50.C5H5.F6P.Fe/c1-39(2,3)28-17-21-30-32(23-19-28)36(41(7,8)9)25-34(30)38(27-15-13-14-16-27)35-26-37(42(10,11)12)33-24-20-29(40(4,5)6)18-22-31(33)35;1-2-4-5-3-1;1-7(2,3,4,5)6;/h13-26H,1-12H3;1-5H;;/q+1;;-1;+2/b38-34-;;;. The molecule has 55 heavy (non-hydrogen) atoms. The zero-order valence-corrected chi connectivity index (χ0v) is 36.0. The second kappa shape index (κ2) is 15.9. The summed E-state index contributed by atoms with van der Waals surface area (Å²) in [6, 6.07) is 21.4. The first kappa shape index (κ1) is 47.2. The van der Waals surface area contributed by atoms with Crippen molar-refractivity contribution in [1.29, 1.82) is 0 Å². The summed E-state index contributed by atoms with van der Waals surface area (Å²) in [4.78, 5) is 0. The molecule has 0 amide bonds. The molecular formula is C47H55F6FeP+2. The van der Waals surface area contributed by atoms with E-state index in [9.17, 15) is 25.2 Å². The van der Waals surface area contributed by atoms with Crippen LogP contribution in [0.15, 0.2) is 60.7 Å². The molecule has 0 spiro atoms. The third-order valence-electron chi connectivity index (χ3n) is 9.43. The third-order valence-corrected chi connectivity index (χ3v) is 9.43. The maximum Gasteiger partial charge on any atom is 2.00 e. The molecule has 0 heterocycles. The predicted molar refractivity (Wildman–Crippen MR) is 220 cm³/mol. The van der Waals surface area contributed by atoms with Gasteiger partial charge in [0.15, 0.2) is 0 Å². The number of fused-ring (bicyclic) bond motifs is 2. The molecule has 10 radical (unpaired) electrons. The van der Waals surface area contributed by atoms with Gasteiger partial charge in [0.25, 0.3) is 0 Å². The Morgan fingerprint density at radius 2 is 0.964 bits per heavy atom. The fourth-order valence-corrected chi connectivity index (χ4v) is 6.67. The van der Waals surface area contributed by atoms with Crippen LogP contribution in [0.1, 0.15) is 116 Å². The molecule has 1 aromatic rings. The van der Waals surface area contributed by atoms with E-state index in [-0.39, 0.29) is 38.7 Å². The van der Waals surface area contributed by atoms with Gasteiger partial charge in [-0.3, -0.25) is 0 Å². The summed E-state index contributed by atoms with van der Waals surface area (Å²) >= 11 is 0. The Bertz CT molecular complexity index is 1840. The van der Waals surface area contributed by atoms with Gasteiger partial charge in [0.05, 0.1) is 16.7 Å². The zero-order chi connectivity index (χ0) is 40.8. The van der Waals surface area contributed by atoms with Crippen molar-refractivity contribution in [3.63, 3.8) is 0 Å². The van der Waals surface area contributed by atoms with Crippen LogP contribution in [0, 0.1) is 69.1 Å². The monoisotopic (exact) mass is 820 g/mol. The second-order valence-corrected chi connectivity index (χ2v) is 20.2. The molecule has 2 saturated carbocycles. The van der Waals surface area contributed by atoms with Crippen molar-refractivity contribution in [3.8, 4) is 11.1 Å². The van der Waals surface area contributed by atoms with Crippen molar-refractivity contribution in [2.24, 2.45) is 5.41 Å². The molecule has 0 atom stereocenters. The Balaban J connectivity index is 0.000000536. The topological polar surface area (TPSA) is 0 Å². The maximum absolute atomic E-state index is 10.7. The van der Waals surface area contributed by atoms with Crippen molar-refractivity contribution >= 4 is 24.5 Å². The van der Waals surface area contributed by atoms with Crippen molar-refractivity contribution < 1.29 is 42.3 Å². The van der Waals surface area contributed by atoms with Crippen LogP contribution < -0.4 is 0 Å². The number of rotatable bonds is 2. The van der Waals surface area contributed by atoms with Crippen LogP contribution in [-0.2, 0) is 33.3 Å². The summed E-state index contributed by atoms with van der Waals surface area (Å²) in [6.45, 7) is 27.9. The van der Waals surface area contributed by atoms with Crippen LogP contribution in [0.3, 0.4) is 0 Å². The van der Waals surface area contributed by atoms with E-state index in [1.807, 2.05) is 32.1 Å². The average Bonchev–Trinajstić information content (AvgIpc) is 3.77. The zero-order valence-electron chi connectivity index (χ0n) is 34.0. The van der Waals surface area contributed by atoms with E-state index in [0.29, 0.717) is 0 Å². The molecule has 0 aliphatic heterocycles. The van der Waals surface area contributed by atoms with Crippen molar-refractivity contribution in [2.45, 2.75) is 99.3 Å². The molecule has 6 rings (SSSR count). The molecule has 8 heteroatoms. The van der Waals surface area contributed by atoms with Gasteiger partial charge in [0.1, 0.15) is 0 Å². The molecule has 0 N–H and O–H groups in total. The summed E-state index contributed by atoms with van der Waals surface area (Å²) < 4.78 is 59.2. The van der Waals surface area contributed by atoms with E-state index >= 15 is 0 Å². The number of allylic oxidation sites excluding steroid dienone is 4. The molecule has 0 saturated heterocycles. The van der Waals surface area contributed by atoms with E-state index in [4.69, 9.17) is 0 Å². The summed E-state index contributed by atoms with van der Waals surface area (Å²) in [5.41, 5.74) is 15.1. The second-order valence-electron chi connectivity index (χ2n) is 18.3. The quantitative estimate of drug-likeness (QED) is 0.105. The van der Waals surface area contributed by atoms with Gasteiger partial charge in [-0.15, -0.1) is 0 Å². The van der Waals surface area contributed by atoms with Gasteiger partial charge in [0.2, 0.25) is 0 Å².